The van der Waals surface area contributed by atoms with Gasteiger partial charge in [0.25, 0.3) is 0 Å². The molecular weight excluding hydrogens is 210 g/mol. The lowest BCUT2D eigenvalue weighted by molar-refractivity contribution is 0.316. The van der Waals surface area contributed by atoms with Gasteiger partial charge in [0.1, 0.15) is 12.4 Å². The SMILES string of the molecule is C#CCNCCOc1ccc(Cl)c(C)c1. The lowest BCUT2D eigenvalue weighted by Gasteiger charge is -2.07. The van der Waals surface area contributed by atoms with Crippen molar-refractivity contribution in [1.29, 1.82) is 0 Å². The Hall–Kier alpha value is -1.17. The molecule has 1 aromatic rings. The van der Waals surface area contributed by atoms with Crippen molar-refractivity contribution in [1.82, 2.24) is 5.32 Å². The van der Waals surface area contributed by atoms with Crippen LogP contribution < -0.4 is 10.1 Å². The van der Waals surface area contributed by atoms with Gasteiger partial charge in [-0.1, -0.05) is 17.5 Å². The zero-order valence-corrected chi connectivity index (χ0v) is 9.47. The Balaban J connectivity index is 2.32. The Kier molecular flexibility index (Phi) is 5.03. The van der Waals surface area contributed by atoms with Crippen molar-refractivity contribution in [3.63, 3.8) is 0 Å². The minimum atomic E-state index is 0.572. The fourth-order valence-electron chi connectivity index (χ4n) is 1.11. The van der Waals surface area contributed by atoms with Crippen LogP contribution in [0.5, 0.6) is 5.75 Å². The summed E-state index contributed by atoms with van der Waals surface area (Å²) in [5, 5.41) is 3.80. The smallest absolute Gasteiger partial charge is 0.119 e. The highest BCUT2D eigenvalue weighted by molar-refractivity contribution is 6.31. The molecule has 0 radical (unpaired) electrons. The van der Waals surface area contributed by atoms with Crippen LogP contribution in [-0.4, -0.2) is 19.7 Å². The first kappa shape index (κ1) is 11.9. The molecule has 1 N–H and O–H groups in total. The van der Waals surface area contributed by atoms with Gasteiger partial charge in [0.15, 0.2) is 0 Å². The molecule has 1 rings (SSSR count). The van der Waals surface area contributed by atoms with E-state index in [2.05, 4.69) is 11.2 Å². The Morgan fingerprint density at radius 3 is 3.00 bits per heavy atom. The van der Waals surface area contributed by atoms with Crippen molar-refractivity contribution in [2.45, 2.75) is 6.92 Å². The molecule has 1 aromatic carbocycles. The van der Waals surface area contributed by atoms with E-state index in [1.165, 1.54) is 0 Å². The molecular formula is C12H14ClNO. The maximum atomic E-state index is 5.89. The fraction of sp³-hybridized carbons (Fsp3) is 0.333. The predicted molar refractivity (Wildman–Crippen MR) is 63.4 cm³/mol. The highest BCUT2D eigenvalue weighted by Gasteiger charge is 1.97. The van der Waals surface area contributed by atoms with Gasteiger partial charge in [-0.05, 0) is 30.7 Å². The number of hydrogen-bond donors (Lipinski definition) is 1. The van der Waals surface area contributed by atoms with Crippen molar-refractivity contribution in [2.75, 3.05) is 19.7 Å². The first-order valence-corrected chi connectivity index (χ1v) is 5.15. The number of benzene rings is 1. The molecule has 3 heteroatoms. The lowest BCUT2D eigenvalue weighted by atomic mass is 10.2. The second-order valence-electron chi connectivity index (χ2n) is 3.14. The van der Waals surface area contributed by atoms with Crippen LogP contribution in [0.3, 0.4) is 0 Å². The topological polar surface area (TPSA) is 21.3 Å². The normalized spacial score (nSPS) is 9.67. The number of rotatable bonds is 5. The van der Waals surface area contributed by atoms with Gasteiger partial charge in [-0.3, -0.25) is 0 Å². The number of aryl methyl sites for hydroxylation is 1. The number of ether oxygens (including phenoxy) is 1. The molecule has 0 bridgehead atoms. The van der Waals surface area contributed by atoms with Crippen LogP contribution >= 0.6 is 11.6 Å². The molecule has 80 valence electrons. The molecule has 0 spiro atoms. The third kappa shape index (κ3) is 4.24. The zero-order valence-electron chi connectivity index (χ0n) is 8.72. The summed E-state index contributed by atoms with van der Waals surface area (Å²) in [7, 11) is 0. The number of terminal acetylenes is 1. The van der Waals surface area contributed by atoms with Crippen molar-refractivity contribution >= 4 is 11.6 Å². The van der Waals surface area contributed by atoms with E-state index in [0.717, 1.165) is 22.9 Å². The van der Waals surface area contributed by atoms with Gasteiger partial charge in [0, 0.05) is 11.6 Å². The molecule has 0 saturated carbocycles. The summed E-state index contributed by atoms with van der Waals surface area (Å²) in [4.78, 5) is 0. The van der Waals surface area contributed by atoms with E-state index in [0.29, 0.717) is 13.2 Å². The number of hydrogen-bond acceptors (Lipinski definition) is 2. The highest BCUT2D eigenvalue weighted by Crippen LogP contribution is 2.20. The van der Waals surface area contributed by atoms with Crippen LogP contribution in [0.2, 0.25) is 5.02 Å². The van der Waals surface area contributed by atoms with E-state index in [4.69, 9.17) is 22.8 Å². The summed E-state index contributed by atoms with van der Waals surface area (Å²) in [6.07, 6.45) is 5.09. The van der Waals surface area contributed by atoms with Crippen LogP contribution in [0.1, 0.15) is 5.56 Å². The van der Waals surface area contributed by atoms with Crippen LogP contribution in [0.15, 0.2) is 18.2 Å². The quantitative estimate of drug-likeness (QED) is 0.611. The van der Waals surface area contributed by atoms with Gasteiger partial charge in [-0.15, -0.1) is 6.42 Å². The van der Waals surface area contributed by atoms with Crippen LogP contribution in [0.25, 0.3) is 0 Å². The van der Waals surface area contributed by atoms with E-state index < -0.39 is 0 Å². The number of nitrogens with one attached hydrogen (secondary N) is 1. The minimum absolute atomic E-state index is 0.572. The molecule has 0 saturated heterocycles. The molecule has 0 atom stereocenters. The molecule has 2 nitrogen and oxygen atoms in total. The van der Waals surface area contributed by atoms with Crippen molar-refractivity contribution < 1.29 is 4.74 Å². The summed E-state index contributed by atoms with van der Waals surface area (Å²) in [5.41, 5.74) is 1.02. The van der Waals surface area contributed by atoms with Crippen LogP contribution in [-0.2, 0) is 0 Å². The number of halogens is 1. The third-order valence-corrected chi connectivity index (χ3v) is 2.33. The van der Waals surface area contributed by atoms with E-state index in [-0.39, 0.29) is 0 Å². The molecule has 0 heterocycles. The first-order valence-electron chi connectivity index (χ1n) is 4.77. The Labute approximate surface area is 95.6 Å². The fourth-order valence-corrected chi connectivity index (χ4v) is 1.23. The molecule has 0 aliphatic heterocycles. The second kappa shape index (κ2) is 6.34. The Morgan fingerprint density at radius 1 is 1.53 bits per heavy atom. The highest BCUT2D eigenvalue weighted by atomic mass is 35.5. The van der Waals surface area contributed by atoms with Gasteiger partial charge in [-0.2, -0.15) is 0 Å². The predicted octanol–water partition coefficient (Wildman–Crippen LogP) is 2.25. The largest absolute Gasteiger partial charge is 0.492 e. The maximum Gasteiger partial charge on any atom is 0.119 e. The van der Waals surface area contributed by atoms with E-state index in [9.17, 15) is 0 Å². The van der Waals surface area contributed by atoms with Crippen LogP contribution in [0.4, 0.5) is 0 Å². The van der Waals surface area contributed by atoms with Gasteiger partial charge in [-0.25, -0.2) is 0 Å². The van der Waals surface area contributed by atoms with Crippen molar-refractivity contribution in [3.05, 3.63) is 28.8 Å². The average Bonchev–Trinajstić information content (AvgIpc) is 2.23. The Morgan fingerprint density at radius 2 is 2.33 bits per heavy atom. The molecule has 0 aliphatic carbocycles. The van der Waals surface area contributed by atoms with Crippen molar-refractivity contribution in [2.24, 2.45) is 0 Å². The summed E-state index contributed by atoms with van der Waals surface area (Å²) in [5.74, 6) is 3.33. The van der Waals surface area contributed by atoms with Gasteiger partial charge in [0.05, 0.1) is 6.54 Å². The van der Waals surface area contributed by atoms with E-state index in [1.807, 2.05) is 25.1 Å². The standard InChI is InChI=1S/C12H14ClNO/c1-3-6-14-7-8-15-11-4-5-12(13)10(2)9-11/h1,4-5,9,14H,6-8H2,2H3. The zero-order chi connectivity index (χ0) is 11.1. The van der Waals surface area contributed by atoms with Crippen LogP contribution in [0, 0.1) is 19.3 Å². The molecule has 0 aliphatic rings. The second-order valence-corrected chi connectivity index (χ2v) is 3.55. The summed E-state index contributed by atoms with van der Waals surface area (Å²) in [6, 6.07) is 5.61. The van der Waals surface area contributed by atoms with Gasteiger partial charge < -0.3 is 10.1 Å². The monoisotopic (exact) mass is 223 g/mol. The molecule has 0 fully saturated rings. The molecule has 15 heavy (non-hydrogen) atoms. The summed E-state index contributed by atoms with van der Waals surface area (Å²) in [6.45, 7) is 3.86. The van der Waals surface area contributed by atoms with Gasteiger partial charge >= 0.3 is 0 Å². The molecule has 0 amide bonds. The Bertz CT molecular complexity index is 357. The first-order chi connectivity index (χ1) is 7.24. The van der Waals surface area contributed by atoms with E-state index >= 15 is 0 Å². The third-order valence-electron chi connectivity index (χ3n) is 1.90. The molecule has 0 unspecified atom stereocenters. The van der Waals surface area contributed by atoms with E-state index in [1.54, 1.807) is 0 Å². The summed E-state index contributed by atoms with van der Waals surface area (Å²) >= 11 is 5.89. The van der Waals surface area contributed by atoms with Gasteiger partial charge in [0.2, 0.25) is 0 Å². The minimum Gasteiger partial charge on any atom is -0.492 e. The molecule has 0 aromatic heterocycles. The average molecular weight is 224 g/mol. The van der Waals surface area contributed by atoms with Crippen molar-refractivity contribution in [3.8, 4) is 18.1 Å². The maximum absolute atomic E-state index is 5.89. The summed E-state index contributed by atoms with van der Waals surface area (Å²) < 4.78 is 5.50. The lowest BCUT2D eigenvalue weighted by Crippen LogP contribution is -2.21.